The zero-order chi connectivity index (χ0) is 17.2. The molecule has 1 aliphatic rings. The second-order valence-corrected chi connectivity index (χ2v) is 7.39. The summed E-state index contributed by atoms with van der Waals surface area (Å²) in [5.74, 6) is 0.142. The Bertz CT molecular complexity index is 678. The number of piperazine rings is 1. The van der Waals surface area contributed by atoms with Crippen LogP contribution >= 0.6 is 0 Å². The molecular weight excluding hydrogens is 296 g/mol. The van der Waals surface area contributed by atoms with Crippen LogP contribution in [0.4, 0.5) is 0 Å². The van der Waals surface area contributed by atoms with Crippen molar-refractivity contribution in [3.63, 3.8) is 0 Å². The molecule has 0 radical (unpaired) electrons. The second-order valence-electron chi connectivity index (χ2n) is 7.39. The Balaban J connectivity index is 1.66. The fourth-order valence-electron chi connectivity index (χ4n) is 3.20. The Morgan fingerprint density at radius 1 is 0.792 bits per heavy atom. The molecule has 0 aliphatic carbocycles. The van der Waals surface area contributed by atoms with Gasteiger partial charge in [0.25, 0.3) is 5.91 Å². The largest absolute Gasteiger partial charge is 0.336 e. The van der Waals surface area contributed by atoms with Gasteiger partial charge >= 0.3 is 0 Å². The number of carbonyl (C=O) groups is 1. The fourth-order valence-corrected chi connectivity index (χ4v) is 3.20. The van der Waals surface area contributed by atoms with Crippen molar-refractivity contribution in [1.82, 2.24) is 9.80 Å². The highest BCUT2D eigenvalue weighted by Crippen LogP contribution is 2.21. The number of nitrogens with zero attached hydrogens (tertiary/aromatic N) is 2. The first kappa shape index (κ1) is 16.7. The van der Waals surface area contributed by atoms with E-state index in [1.165, 1.54) is 5.56 Å². The maximum absolute atomic E-state index is 12.7. The standard InChI is InChI=1S/C21H26N2O/c1-21(2,3)23-15-13-22(14-16-23)20(24)19-11-9-18(10-12-19)17-7-5-4-6-8-17/h4-12H,13-16H2,1-3H3. The van der Waals surface area contributed by atoms with E-state index in [0.717, 1.165) is 37.3 Å². The molecule has 0 N–H and O–H groups in total. The molecule has 0 aromatic heterocycles. The molecule has 3 heteroatoms. The number of rotatable bonds is 2. The minimum Gasteiger partial charge on any atom is -0.336 e. The van der Waals surface area contributed by atoms with Crippen LogP contribution < -0.4 is 0 Å². The topological polar surface area (TPSA) is 23.6 Å². The molecule has 0 spiro atoms. The Morgan fingerprint density at radius 2 is 1.33 bits per heavy atom. The Morgan fingerprint density at radius 3 is 1.88 bits per heavy atom. The predicted molar refractivity (Wildman–Crippen MR) is 99.1 cm³/mol. The third-order valence-corrected chi connectivity index (χ3v) is 4.75. The van der Waals surface area contributed by atoms with E-state index < -0.39 is 0 Å². The SMILES string of the molecule is CC(C)(C)N1CCN(C(=O)c2ccc(-c3ccccc3)cc2)CC1. The van der Waals surface area contributed by atoms with E-state index in [1.807, 2.05) is 47.4 Å². The molecule has 2 aromatic rings. The molecular formula is C21H26N2O. The van der Waals surface area contributed by atoms with Gasteiger partial charge in [-0.15, -0.1) is 0 Å². The van der Waals surface area contributed by atoms with Gasteiger partial charge in [0.2, 0.25) is 0 Å². The molecule has 0 bridgehead atoms. The van der Waals surface area contributed by atoms with Crippen LogP contribution in [0.2, 0.25) is 0 Å². The summed E-state index contributed by atoms with van der Waals surface area (Å²) in [5, 5.41) is 0. The maximum Gasteiger partial charge on any atom is 0.253 e. The second kappa shape index (κ2) is 6.78. The lowest BCUT2D eigenvalue weighted by Crippen LogP contribution is -2.54. The number of benzene rings is 2. The minimum atomic E-state index is 0.142. The highest BCUT2D eigenvalue weighted by molar-refractivity contribution is 5.94. The van der Waals surface area contributed by atoms with Crippen LogP contribution in [0.3, 0.4) is 0 Å². The number of hydrogen-bond acceptors (Lipinski definition) is 2. The third-order valence-electron chi connectivity index (χ3n) is 4.75. The lowest BCUT2D eigenvalue weighted by Gasteiger charge is -2.42. The molecule has 24 heavy (non-hydrogen) atoms. The van der Waals surface area contributed by atoms with Gasteiger partial charge in [0.05, 0.1) is 0 Å². The lowest BCUT2D eigenvalue weighted by molar-refractivity contribution is 0.0451. The van der Waals surface area contributed by atoms with Gasteiger partial charge in [-0.05, 0) is 44.0 Å². The van der Waals surface area contributed by atoms with Crippen molar-refractivity contribution in [2.75, 3.05) is 26.2 Å². The van der Waals surface area contributed by atoms with Crippen LogP contribution in [0.25, 0.3) is 11.1 Å². The Hall–Kier alpha value is -2.13. The summed E-state index contributed by atoms with van der Waals surface area (Å²) in [6.45, 7) is 10.2. The van der Waals surface area contributed by atoms with Crippen molar-refractivity contribution in [3.8, 4) is 11.1 Å². The number of amides is 1. The summed E-state index contributed by atoms with van der Waals surface area (Å²) < 4.78 is 0. The molecule has 1 aliphatic heterocycles. The first-order valence-electron chi connectivity index (χ1n) is 8.65. The first-order valence-corrected chi connectivity index (χ1v) is 8.65. The third kappa shape index (κ3) is 3.68. The molecule has 1 saturated heterocycles. The predicted octanol–water partition coefficient (Wildman–Crippen LogP) is 3.91. The first-order chi connectivity index (χ1) is 11.4. The van der Waals surface area contributed by atoms with E-state index in [-0.39, 0.29) is 11.4 Å². The summed E-state index contributed by atoms with van der Waals surface area (Å²) in [6.07, 6.45) is 0. The summed E-state index contributed by atoms with van der Waals surface area (Å²) in [5.41, 5.74) is 3.27. The summed E-state index contributed by atoms with van der Waals surface area (Å²) in [7, 11) is 0. The number of hydrogen-bond donors (Lipinski definition) is 0. The van der Waals surface area contributed by atoms with Crippen molar-refractivity contribution in [2.45, 2.75) is 26.3 Å². The van der Waals surface area contributed by atoms with E-state index in [2.05, 4.69) is 37.8 Å². The lowest BCUT2D eigenvalue weighted by atomic mass is 10.0. The van der Waals surface area contributed by atoms with Crippen molar-refractivity contribution in [2.24, 2.45) is 0 Å². The van der Waals surface area contributed by atoms with E-state index in [9.17, 15) is 4.79 Å². The van der Waals surface area contributed by atoms with Crippen molar-refractivity contribution >= 4 is 5.91 Å². The van der Waals surface area contributed by atoms with E-state index in [1.54, 1.807) is 0 Å². The van der Waals surface area contributed by atoms with Crippen LogP contribution in [0.15, 0.2) is 54.6 Å². The van der Waals surface area contributed by atoms with Crippen molar-refractivity contribution in [3.05, 3.63) is 60.2 Å². The van der Waals surface area contributed by atoms with Crippen LogP contribution in [-0.4, -0.2) is 47.4 Å². The van der Waals surface area contributed by atoms with Gasteiger partial charge in [0.1, 0.15) is 0 Å². The van der Waals surface area contributed by atoms with Crippen LogP contribution in [0, 0.1) is 0 Å². The monoisotopic (exact) mass is 322 g/mol. The van der Waals surface area contributed by atoms with Gasteiger partial charge in [-0.1, -0.05) is 42.5 Å². The highest BCUT2D eigenvalue weighted by atomic mass is 16.2. The molecule has 1 amide bonds. The number of carbonyl (C=O) groups excluding carboxylic acids is 1. The molecule has 126 valence electrons. The molecule has 1 heterocycles. The zero-order valence-corrected chi connectivity index (χ0v) is 14.8. The molecule has 3 rings (SSSR count). The average Bonchev–Trinajstić information content (AvgIpc) is 2.61. The summed E-state index contributed by atoms with van der Waals surface area (Å²) >= 11 is 0. The molecule has 0 unspecified atom stereocenters. The molecule has 2 aromatic carbocycles. The molecule has 3 nitrogen and oxygen atoms in total. The van der Waals surface area contributed by atoms with Crippen LogP contribution in [0.1, 0.15) is 31.1 Å². The normalized spacial score (nSPS) is 16.2. The zero-order valence-electron chi connectivity index (χ0n) is 14.8. The minimum absolute atomic E-state index is 0.142. The van der Waals surface area contributed by atoms with Crippen LogP contribution in [-0.2, 0) is 0 Å². The summed E-state index contributed by atoms with van der Waals surface area (Å²) in [4.78, 5) is 17.1. The van der Waals surface area contributed by atoms with Gasteiger partial charge in [0, 0.05) is 37.3 Å². The molecule has 0 saturated carbocycles. The van der Waals surface area contributed by atoms with E-state index in [0.29, 0.717) is 0 Å². The van der Waals surface area contributed by atoms with Gasteiger partial charge in [-0.25, -0.2) is 0 Å². The smallest absolute Gasteiger partial charge is 0.253 e. The van der Waals surface area contributed by atoms with E-state index >= 15 is 0 Å². The summed E-state index contributed by atoms with van der Waals surface area (Å²) in [6, 6.07) is 18.2. The van der Waals surface area contributed by atoms with Crippen molar-refractivity contribution < 1.29 is 4.79 Å². The fraction of sp³-hybridized carbons (Fsp3) is 0.381. The van der Waals surface area contributed by atoms with Gasteiger partial charge < -0.3 is 4.90 Å². The highest BCUT2D eigenvalue weighted by Gasteiger charge is 2.28. The van der Waals surface area contributed by atoms with Gasteiger partial charge in [0.15, 0.2) is 0 Å². The molecule has 0 atom stereocenters. The van der Waals surface area contributed by atoms with E-state index in [4.69, 9.17) is 0 Å². The molecule has 1 fully saturated rings. The van der Waals surface area contributed by atoms with Crippen molar-refractivity contribution in [1.29, 1.82) is 0 Å². The average molecular weight is 322 g/mol. The Kier molecular flexibility index (Phi) is 4.72. The van der Waals surface area contributed by atoms with Gasteiger partial charge in [-0.2, -0.15) is 0 Å². The maximum atomic E-state index is 12.7. The quantitative estimate of drug-likeness (QED) is 0.837. The Labute approximate surface area is 144 Å². The van der Waals surface area contributed by atoms with Gasteiger partial charge in [-0.3, -0.25) is 9.69 Å². The van der Waals surface area contributed by atoms with Crippen LogP contribution in [0.5, 0.6) is 0 Å².